The van der Waals surface area contributed by atoms with E-state index >= 15 is 0 Å². The molecule has 2 aromatic rings. The molecule has 7 N–H and O–H groups in total. The molecule has 1 aliphatic heterocycles. The Hall–Kier alpha value is -1.86. The molecule has 0 unspecified atom stereocenters. The number of phosphoric ester groups is 1. The Morgan fingerprint density at radius 3 is 2.50 bits per heavy atom. The maximum atomic E-state index is 12.3. The van der Waals surface area contributed by atoms with Crippen LogP contribution in [0.4, 0.5) is 5.95 Å². The molecule has 192 valence electrons. The third-order valence-corrected chi connectivity index (χ3v) is 6.67. The van der Waals surface area contributed by atoms with Gasteiger partial charge in [0.2, 0.25) is 5.95 Å². The van der Waals surface area contributed by atoms with Crippen LogP contribution in [0.15, 0.2) is 11.1 Å². The molecule has 13 nitrogen and oxygen atoms in total. The zero-order valence-electron chi connectivity index (χ0n) is 19.2. The van der Waals surface area contributed by atoms with Crippen molar-refractivity contribution in [3.05, 3.63) is 16.7 Å². The molecule has 14 heteroatoms. The molecule has 1 saturated heterocycles. The number of anilines is 1. The Morgan fingerprint density at radius 2 is 1.88 bits per heavy atom. The first kappa shape index (κ1) is 26.7. The smallest absolute Gasteiger partial charge is 0.394 e. The molecule has 4 atom stereocenters. The minimum absolute atomic E-state index is 0.0355. The number of nitrogen functional groups attached to an aromatic ring is 1. The molecule has 2 aromatic heterocycles. The summed E-state index contributed by atoms with van der Waals surface area (Å²) in [7, 11) is -5.02. The number of nitrogens with zero attached hydrogens (tertiary/aromatic N) is 3. The van der Waals surface area contributed by atoms with E-state index in [0.29, 0.717) is 6.42 Å². The van der Waals surface area contributed by atoms with E-state index in [4.69, 9.17) is 15.0 Å². The van der Waals surface area contributed by atoms with Gasteiger partial charge in [0.25, 0.3) is 5.56 Å². The number of nitrogens with two attached hydrogens (primary N) is 1. The number of aliphatic hydroxyl groups excluding tert-OH is 2. The minimum atomic E-state index is -5.02. The molecular weight excluding hydrogens is 469 g/mol. The van der Waals surface area contributed by atoms with Crippen molar-refractivity contribution in [2.75, 3.05) is 12.3 Å². The van der Waals surface area contributed by atoms with Crippen molar-refractivity contribution in [3.63, 3.8) is 0 Å². The Kier molecular flexibility index (Phi) is 8.85. The highest BCUT2D eigenvalue weighted by molar-refractivity contribution is 7.46. The summed E-state index contributed by atoms with van der Waals surface area (Å²) in [6.45, 7) is 1.50. The fourth-order valence-corrected chi connectivity index (χ4v) is 5.09. The number of fused-ring (bicyclic) bond motifs is 1. The van der Waals surface area contributed by atoms with E-state index < -0.39 is 44.0 Å². The van der Waals surface area contributed by atoms with Crippen LogP contribution < -0.4 is 11.3 Å². The van der Waals surface area contributed by atoms with Gasteiger partial charge in [-0.2, -0.15) is 4.98 Å². The van der Waals surface area contributed by atoms with Crippen LogP contribution in [0.2, 0.25) is 0 Å². The lowest BCUT2D eigenvalue weighted by atomic mass is 9.95. The first-order valence-electron chi connectivity index (χ1n) is 11.6. The van der Waals surface area contributed by atoms with Gasteiger partial charge in [-0.1, -0.05) is 51.9 Å². The molecule has 3 heterocycles. The number of H-pyrrole nitrogens is 1. The number of phosphoric acid groups is 1. The predicted octanol–water partition coefficient (Wildman–Crippen LogP) is 1.12. The van der Waals surface area contributed by atoms with Gasteiger partial charge in [-0.25, -0.2) is 9.55 Å². The van der Waals surface area contributed by atoms with Crippen molar-refractivity contribution in [2.45, 2.75) is 88.7 Å². The number of ether oxygens (including phenoxy) is 1. The van der Waals surface area contributed by atoms with E-state index in [1.54, 1.807) is 0 Å². The third-order valence-electron chi connectivity index (χ3n) is 6.16. The molecule has 0 aliphatic carbocycles. The second-order valence-corrected chi connectivity index (χ2v) is 9.84. The second-order valence-electron chi connectivity index (χ2n) is 8.65. The number of hydrogen-bond donors (Lipinski definition) is 6. The monoisotopic (exact) mass is 503 g/mol. The van der Waals surface area contributed by atoms with Gasteiger partial charge in [-0.15, -0.1) is 0 Å². The van der Waals surface area contributed by atoms with Crippen molar-refractivity contribution in [1.82, 2.24) is 19.5 Å². The molecule has 34 heavy (non-hydrogen) atoms. The van der Waals surface area contributed by atoms with E-state index in [0.717, 1.165) is 25.7 Å². The molecule has 1 aliphatic rings. The first-order chi connectivity index (χ1) is 16.1. The minimum Gasteiger partial charge on any atom is -0.394 e. The first-order valence-corrected chi connectivity index (χ1v) is 13.1. The number of unbranched alkanes of at least 4 members (excludes halogenated alkanes) is 7. The number of aromatic amines is 1. The van der Waals surface area contributed by atoms with Gasteiger partial charge >= 0.3 is 7.82 Å². The highest BCUT2D eigenvalue weighted by Gasteiger charge is 2.58. The predicted molar refractivity (Wildman–Crippen MR) is 123 cm³/mol. The lowest BCUT2D eigenvalue weighted by Crippen LogP contribution is -2.46. The molecule has 0 bridgehead atoms. The summed E-state index contributed by atoms with van der Waals surface area (Å²) < 4.78 is 23.7. The van der Waals surface area contributed by atoms with E-state index in [-0.39, 0.29) is 23.5 Å². The zero-order valence-corrected chi connectivity index (χ0v) is 20.1. The topological polar surface area (TPSA) is 206 Å². The molecule has 0 amide bonds. The summed E-state index contributed by atoms with van der Waals surface area (Å²) in [6, 6.07) is 0. The second kappa shape index (κ2) is 11.3. The van der Waals surface area contributed by atoms with Gasteiger partial charge in [-0.3, -0.25) is 18.9 Å². The Morgan fingerprint density at radius 1 is 1.24 bits per heavy atom. The summed E-state index contributed by atoms with van der Waals surface area (Å²) in [6.07, 6.45) is 5.22. The van der Waals surface area contributed by atoms with Gasteiger partial charge in [0, 0.05) is 0 Å². The van der Waals surface area contributed by atoms with Gasteiger partial charge in [0.15, 0.2) is 16.9 Å². The normalized spacial score (nSPS) is 25.4. The number of imidazole rings is 1. The fourth-order valence-electron chi connectivity index (χ4n) is 4.53. The maximum absolute atomic E-state index is 12.3. The van der Waals surface area contributed by atoms with Gasteiger partial charge in [-0.05, 0) is 12.8 Å². The highest BCUT2D eigenvalue weighted by Crippen LogP contribution is 2.48. The van der Waals surface area contributed by atoms with Gasteiger partial charge in [0.05, 0.1) is 12.9 Å². The largest absolute Gasteiger partial charge is 0.470 e. The van der Waals surface area contributed by atoms with Gasteiger partial charge in [0.1, 0.15) is 18.3 Å². The standard InChI is InChI=1S/C20H34N5O8P/c1-2-3-4-5-6-7-8-9-10-20(16(27)15(13(11-26)32-20)33-34(29,30)31)25-12-22-14-17(25)23-19(21)24-18(14)28/h12-13,15-16,26-27H,2-11H2,1H3,(H2,29,30,31)(H3,21,23,24,28)/t13-,15-,16-,20-/m1/s1. The number of rotatable bonds is 13. The summed E-state index contributed by atoms with van der Waals surface area (Å²) in [5.41, 5.74) is 3.47. The zero-order chi connectivity index (χ0) is 24.9. The van der Waals surface area contributed by atoms with Crippen LogP contribution in [-0.4, -0.2) is 64.4 Å². The Labute approximate surface area is 196 Å². The van der Waals surface area contributed by atoms with E-state index in [1.807, 2.05) is 0 Å². The molecule has 0 spiro atoms. The van der Waals surface area contributed by atoms with Crippen LogP contribution in [0, 0.1) is 0 Å². The number of nitrogens with one attached hydrogen (secondary N) is 1. The molecule has 0 saturated carbocycles. The summed E-state index contributed by atoms with van der Waals surface area (Å²) in [5, 5.41) is 21.0. The van der Waals surface area contributed by atoms with Crippen molar-refractivity contribution in [3.8, 4) is 0 Å². The van der Waals surface area contributed by atoms with Crippen LogP contribution in [0.3, 0.4) is 0 Å². The SMILES string of the molecule is CCCCCCCCCC[C@@]1(n2cnc3c(=O)[nH]c(N)nc32)O[C@H](CO)[C@@H](OP(=O)(O)O)[C@H]1O. The number of aromatic nitrogens is 4. The highest BCUT2D eigenvalue weighted by atomic mass is 31.2. The third kappa shape index (κ3) is 5.85. The average molecular weight is 503 g/mol. The van der Waals surface area contributed by atoms with Crippen LogP contribution in [-0.2, 0) is 19.6 Å². The lowest BCUT2D eigenvalue weighted by Gasteiger charge is -2.34. The molecule has 0 radical (unpaired) electrons. The Balaban J connectivity index is 1.90. The lowest BCUT2D eigenvalue weighted by molar-refractivity contribution is -0.151. The van der Waals surface area contributed by atoms with Crippen LogP contribution in [0.25, 0.3) is 11.2 Å². The van der Waals surface area contributed by atoms with E-state index in [9.17, 15) is 29.4 Å². The maximum Gasteiger partial charge on any atom is 0.470 e. The molecular formula is C20H34N5O8P. The average Bonchev–Trinajstić information content (AvgIpc) is 3.30. The summed E-state index contributed by atoms with van der Waals surface area (Å²) >= 11 is 0. The quantitative estimate of drug-likeness (QED) is 0.169. The molecule has 1 fully saturated rings. The Bertz CT molecular complexity index is 1060. The van der Waals surface area contributed by atoms with Crippen molar-refractivity contribution in [2.24, 2.45) is 0 Å². The van der Waals surface area contributed by atoms with Gasteiger partial charge < -0.3 is 30.5 Å². The fraction of sp³-hybridized carbons (Fsp3) is 0.750. The molecule has 0 aromatic carbocycles. The van der Waals surface area contributed by atoms with Crippen molar-refractivity contribution >= 4 is 24.9 Å². The summed E-state index contributed by atoms with van der Waals surface area (Å²) in [4.78, 5) is 41.5. The van der Waals surface area contributed by atoms with E-state index in [2.05, 4.69) is 21.9 Å². The number of aliphatic hydroxyl groups is 2. The summed E-state index contributed by atoms with van der Waals surface area (Å²) in [5.74, 6) is -0.171. The number of hydrogen-bond acceptors (Lipinski definition) is 9. The van der Waals surface area contributed by atoms with Crippen LogP contribution >= 0.6 is 7.82 Å². The van der Waals surface area contributed by atoms with Crippen molar-refractivity contribution < 1.29 is 33.8 Å². The van der Waals surface area contributed by atoms with Crippen LogP contribution in [0.1, 0.15) is 64.7 Å². The molecule has 3 rings (SSSR count). The van der Waals surface area contributed by atoms with E-state index in [1.165, 1.54) is 30.2 Å². The van der Waals surface area contributed by atoms with Crippen LogP contribution in [0.5, 0.6) is 0 Å². The van der Waals surface area contributed by atoms with Crippen molar-refractivity contribution in [1.29, 1.82) is 0 Å².